The lowest BCUT2D eigenvalue weighted by Crippen LogP contribution is -2.53. The van der Waals surface area contributed by atoms with Gasteiger partial charge in [-0.25, -0.2) is 10.0 Å². The van der Waals surface area contributed by atoms with Gasteiger partial charge in [0.25, 0.3) is 5.91 Å². The number of carbonyl (C=O) groups excluding carboxylic acids is 1. The van der Waals surface area contributed by atoms with Crippen LogP contribution >= 0.6 is 0 Å². The van der Waals surface area contributed by atoms with Crippen LogP contribution in [0, 0.1) is 0 Å². The Morgan fingerprint density at radius 2 is 1.84 bits per heavy atom. The Morgan fingerprint density at radius 3 is 2.53 bits per heavy atom. The fourth-order valence-electron chi connectivity index (χ4n) is 4.31. The van der Waals surface area contributed by atoms with E-state index >= 15 is 0 Å². The molecule has 0 saturated heterocycles. The van der Waals surface area contributed by atoms with E-state index in [1.54, 1.807) is 49.4 Å². The molecule has 196 valence electrons. The van der Waals surface area contributed by atoms with Crippen molar-refractivity contribution < 1.29 is 19.4 Å². The van der Waals surface area contributed by atoms with Gasteiger partial charge in [0.15, 0.2) is 11.6 Å². The first-order valence-corrected chi connectivity index (χ1v) is 12.2. The van der Waals surface area contributed by atoms with E-state index in [2.05, 4.69) is 15.5 Å². The number of aliphatic hydroxyl groups is 1. The smallest absolute Gasteiger partial charge is 0.266 e. The number of hydrogen-bond donors (Lipinski definition) is 2. The zero-order valence-corrected chi connectivity index (χ0v) is 21.3. The molecule has 0 fully saturated rings. The maximum Gasteiger partial charge on any atom is 0.266 e. The lowest BCUT2D eigenvalue weighted by Gasteiger charge is -2.32. The van der Waals surface area contributed by atoms with Crippen LogP contribution in [0.4, 0.5) is 5.69 Å². The number of aliphatic hydroxyl groups excluding tert-OH is 1. The summed E-state index contributed by atoms with van der Waals surface area (Å²) >= 11 is 0. The van der Waals surface area contributed by atoms with Gasteiger partial charge in [0, 0.05) is 55.3 Å². The lowest BCUT2D eigenvalue weighted by molar-refractivity contribution is -0.132. The van der Waals surface area contributed by atoms with E-state index in [1.807, 2.05) is 48.5 Å². The number of hydrogen-bond acceptors (Lipinski definition) is 7. The average molecular weight is 515 g/mol. The van der Waals surface area contributed by atoms with Crippen LogP contribution in [-0.4, -0.2) is 54.8 Å². The summed E-state index contributed by atoms with van der Waals surface area (Å²) in [5.74, 6) is 0.579. The van der Waals surface area contributed by atoms with Gasteiger partial charge in [-0.1, -0.05) is 59.7 Å². The Balaban J connectivity index is 1.82. The van der Waals surface area contributed by atoms with Gasteiger partial charge in [-0.2, -0.15) is 0 Å². The normalized spacial score (nSPS) is 18.3. The Labute approximate surface area is 221 Å². The maximum atomic E-state index is 13.9. The highest BCUT2D eigenvalue weighted by molar-refractivity contribution is 6.01. The van der Waals surface area contributed by atoms with Gasteiger partial charge in [-0.3, -0.25) is 10.2 Å². The van der Waals surface area contributed by atoms with E-state index in [1.165, 1.54) is 0 Å². The average Bonchev–Trinajstić information content (AvgIpc) is 3.30. The highest BCUT2D eigenvalue weighted by Gasteiger charge is 2.54. The molecule has 1 amide bonds. The van der Waals surface area contributed by atoms with E-state index < -0.39 is 11.6 Å². The van der Waals surface area contributed by atoms with Gasteiger partial charge < -0.3 is 14.6 Å². The molecule has 1 heterocycles. The number of ether oxygens (including phenoxy) is 2. The van der Waals surface area contributed by atoms with Crippen molar-refractivity contribution in [1.82, 2.24) is 10.4 Å². The van der Waals surface area contributed by atoms with Gasteiger partial charge in [0.05, 0.1) is 6.61 Å². The van der Waals surface area contributed by atoms with E-state index in [-0.39, 0.29) is 24.8 Å². The number of hydrazine groups is 1. The number of nitrogens with one attached hydrogen (secondary N) is 1. The molecule has 1 aliphatic heterocycles. The first-order chi connectivity index (χ1) is 18.5. The van der Waals surface area contributed by atoms with Crippen molar-refractivity contribution in [2.45, 2.75) is 24.5 Å². The zero-order chi connectivity index (χ0) is 27.0. The van der Waals surface area contributed by atoms with Crippen LogP contribution in [0.5, 0.6) is 5.75 Å². The van der Waals surface area contributed by atoms with Crippen molar-refractivity contribution in [3.05, 3.63) is 106 Å². The van der Waals surface area contributed by atoms with E-state index in [9.17, 15) is 10.3 Å². The fourth-order valence-corrected chi connectivity index (χ4v) is 4.31. The summed E-state index contributed by atoms with van der Waals surface area (Å²) in [6.07, 6.45) is -0.0959. The third-order valence-electron chi connectivity index (χ3n) is 6.04. The molecular weight excluding hydrogens is 484 g/mol. The standard InChI is InChI=1S/C28H30N6O4/c1-34(2)32-27(36)28(19-20-9-4-3-5-10-20)25(23-11-6-7-12-24(23)31-33-29)38-26(30-28)21-13-15-22(16-14-21)37-18-8-17-35/h3-7,9-16,25,35H,8,17-19H2,1-2H3,(H,32,36)/t25-,28-/m0/s1. The number of nitrogens with zero attached hydrogens (tertiary/aromatic N) is 5. The second-order valence-corrected chi connectivity index (χ2v) is 9.04. The molecule has 2 N–H and O–H groups in total. The number of benzene rings is 3. The minimum atomic E-state index is -1.40. The van der Waals surface area contributed by atoms with E-state index in [0.717, 1.165) is 5.56 Å². The molecule has 0 saturated carbocycles. The predicted octanol–water partition coefficient (Wildman–Crippen LogP) is 4.48. The summed E-state index contributed by atoms with van der Waals surface area (Å²) < 4.78 is 12.1. The molecule has 0 radical (unpaired) electrons. The first-order valence-electron chi connectivity index (χ1n) is 12.2. The van der Waals surface area contributed by atoms with Crippen LogP contribution in [0.2, 0.25) is 0 Å². The number of rotatable bonds is 11. The minimum Gasteiger partial charge on any atom is -0.494 e. The van der Waals surface area contributed by atoms with Gasteiger partial charge in [-0.05, 0) is 35.4 Å². The third kappa shape index (κ3) is 5.95. The number of azide groups is 1. The maximum absolute atomic E-state index is 13.9. The molecule has 0 unspecified atom stereocenters. The molecule has 38 heavy (non-hydrogen) atoms. The molecule has 0 aromatic heterocycles. The first kappa shape index (κ1) is 26.7. The van der Waals surface area contributed by atoms with E-state index in [0.29, 0.717) is 35.6 Å². The topological polar surface area (TPSA) is 132 Å². The molecule has 0 aliphatic carbocycles. The molecule has 10 heteroatoms. The van der Waals surface area contributed by atoms with Crippen LogP contribution in [-0.2, 0) is 16.0 Å². The van der Waals surface area contributed by atoms with Gasteiger partial charge >= 0.3 is 0 Å². The van der Waals surface area contributed by atoms with Crippen LogP contribution in [0.1, 0.15) is 29.2 Å². The quantitative estimate of drug-likeness (QED) is 0.128. The number of carbonyl (C=O) groups is 1. The van der Waals surface area contributed by atoms with Crippen LogP contribution in [0.15, 0.2) is 89.0 Å². The number of aliphatic imine (C=N–C) groups is 1. The Morgan fingerprint density at radius 1 is 1.13 bits per heavy atom. The molecule has 1 aliphatic rings. The summed E-state index contributed by atoms with van der Waals surface area (Å²) in [6.45, 7) is 0.455. The van der Waals surface area contributed by atoms with E-state index in [4.69, 9.17) is 19.6 Å². The van der Waals surface area contributed by atoms with Gasteiger partial charge in [-0.15, -0.1) is 0 Å². The Bertz CT molecular complexity index is 1320. The summed E-state index contributed by atoms with van der Waals surface area (Å²) in [4.78, 5) is 21.9. The van der Waals surface area contributed by atoms with Crippen molar-refractivity contribution >= 4 is 17.5 Å². The van der Waals surface area contributed by atoms with Crippen LogP contribution in [0.3, 0.4) is 0 Å². The lowest BCUT2D eigenvalue weighted by atomic mass is 9.81. The van der Waals surface area contributed by atoms with Crippen molar-refractivity contribution in [3.63, 3.8) is 0 Å². The SMILES string of the molecule is CN(C)NC(=O)[C@@]1(Cc2ccccc2)N=C(c2ccc(OCCCO)cc2)O[C@H]1c1ccccc1N=[N+]=[N-]. The highest BCUT2D eigenvalue weighted by Crippen LogP contribution is 2.45. The molecule has 2 atom stereocenters. The summed E-state index contributed by atoms with van der Waals surface area (Å²) in [5, 5.41) is 14.4. The molecule has 3 aromatic carbocycles. The van der Waals surface area contributed by atoms with Crippen molar-refractivity contribution in [2.75, 3.05) is 27.3 Å². The second-order valence-electron chi connectivity index (χ2n) is 9.04. The molecule has 3 aromatic rings. The summed E-state index contributed by atoms with van der Waals surface area (Å²) in [6, 6.07) is 23.8. The minimum absolute atomic E-state index is 0.0555. The summed E-state index contributed by atoms with van der Waals surface area (Å²) in [5.41, 5.74) is 13.1. The summed E-state index contributed by atoms with van der Waals surface area (Å²) in [7, 11) is 3.46. The molecule has 0 bridgehead atoms. The van der Waals surface area contributed by atoms with Crippen molar-refractivity contribution in [1.29, 1.82) is 0 Å². The molecule has 4 rings (SSSR count). The zero-order valence-electron chi connectivity index (χ0n) is 21.3. The van der Waals surface area contributed by atoms with Crippen LogP contribution < -0.4 is 10.2 Å². The highest BCUT2D eigenvalue weighted by atomic mass is 16.5. The fraction of sp³-hybridized carbons (Fsp3) is 0.286. The van der Waals surface area contributed by atoms with Crippen LogP contribution in [0.25, 0.3) is 10.4 Å². The third-order valence-corrected chi connectivity index (χ3v) is 6.04. The number of amides is 1. The predicted molar refractivity (Wildman–Crippen MR) is 144 cm³/mol. The molecular formula is C28H30N6O4. The Kier molecular flexibility index (Phi) is 8.60. The van der Waals surface area contributed by atoms with Crippen molar-refractivity contribution in [2.24, 2.45) is 10.1 Å². The Hall–Kier alpha value is -4.37. The van der Waals surface area contributed by atoms with Crippen molar-refractivity contribution in [3.8, 4) is 5.75 Å². The molecule has 0 spiro atoms. The second kappa shape index (κ2) is 12.2. The monoisotopic (exact) mass is 514 g/mol. The largest absolute Gasteiger partial charge is 0.494 e. The van der Waals surface area contributed by atoms with Gasteiger partial charge in [0.1, 0.15) is 5.75 Å². The molecule has 10 nitrogen and oxygen atoms in total. The van der Waals surface area contributed by atoms with Gasteiger partial charge in [0.2, 0.25) is 5.90 Å².